The lowest BCUT2D eigenvalue weighted by molar-refractivity contribution is -0.153. The molecule has 2 amide bonds. The van der Waals surface area contributed by atoms with Crippen LogP contribution < -0.4 is 5.32 Å². The summed E-state index contributed by atoms with van der Waals surface area (Å²) in [5, 5.41) is 2.99. The zero-order valence-corrected chi connectivity index (χ0v) is 13.5. The van der Waals surface area contributed by atoms with Gasteiger partial charge in [0.15, 0.2) is 0 Å². The van der Waals surface area contributed by atoms with Crippen LogP contribution in [0.4, 0.5) is 0 Å². The molecule has 0 saturated carbocycles. The third-order valence-electron chi connectivity index (χ3n) is 4.29. The molecule has 1 aromatic rings. The van der Waals surface area contributed by atoms with Crippen LogP contribution in [-0.4, -0.2) is 47.8 Å². The van der Waals surface area contributed by atoms with Crippen molar-refractivity contribution in [3.63, 3.8) is 0 Å². The molecule has 1 atom stereocenters. The van der Waals surface area contributed by atoms with Crippen molar-refractivity contribution in [1.29, 1.82) is 0 Å². The molecule has 1 fully saturated rings. The summed E-state index contributed by atoms with van der Waals surface area (Å²) in [6.07, 6.45) is 6.76. The maximum absolute atomic E-state index is 12.6. The normalized spacial score (nSPS) is 23.4. The largest absolute Gasteiger partial charge is 0.357 e. The molecule has 0 spiro atoms. The first-order chi connectivity index (χ1) is 11.0. The Labute approximate surface area is 136 Å². The van der Waals surface area contributed by atoms with E-state index in [9.17, 15) is 9.59 Å². The van der Waals surface area contributed by atoms with Gasteiger partial charge < -0.3 is 15.1 Å². The summed E-state index contributed by atoms with van der Waals surface area (Å²) >= 11 is 0. The van der Waals surface area contributed by atoms with Crippen LogP contribution in [0, 0.1) is 0 Å². The highest BCUT2D eigenvalue weighted by atomic mass is 16.2. The Kier molecular flexibility index (Phi) is 3.94. The Bertz CT molecular complexity index is 681. The van der Waals surface area contributed by atoms with E-state index < -0.39 is 5.54 Å². The van der Waals surface area contributed by atoms with E-state index in [1.807, 2.05) is 54.6 Å². The number of β-lactam (4-membered cyclic amide) rings is 1. The quantitative estimate of drug-likeness (QED) is 0.853. The highest BCUT2D eigenvalue weighted by molar-refractivity contribution is 6.01. The molecule has 2 aliphatic heterocycles. The number of hydrogen-bond acceptors (Lipinski definition) is 3. The van der Waals surface area contributed by atoms with Crippen LogP contribution in [0.5, 0.6) is 0 Å². The smallest absolute Gasteiger partial charge is 0.250 e. The molecular formula is C18H21N3O2. The van der Waals surface area contributed by atoms with E-state index in [2.05, 4.69) is 5.32 Å². The van der Waals surface area contributed by atoms with Crippen LogP contribution in [0.1, 0.15) is 12.0 Å². The SMILES string of the molecule is CN1C=CCC(C(=O)N[C@]2(Cc3ccccc3)CN(C)C2=O)=C1. The molecule has 1 aromatic carbocycles. The molecule has 1 N–H and O–H groups in total. The van der Waals surface area contributed by atoms with Crippen LogP contribution in [-0.2, 0) is 16.0 Å². The number of hydrogen-bond donors (Lipinski definition) is 1. The van der Waals surface area contributed by atoms with Gasteiger partial charge in [-0.3, -0.25) is 9.59 Å². The number of benzene rings is 1. The number of amides is 2. The van der Waals surface area contributed by atoms with Crippen molar-refractivity contribution in [1.82, 2.24) is 15.1 Å². The average molecular weight is 311 g/mol. The fourth-order valence-electron chi connectivity index (χ4n) is 3.17. The van der Waals surface area contributed by atoms with Crippen LogP contribution >= 0.6 is 0 Å². The van der Waals surface area contributed by atoms with Gasteiger partial charge in [0.2, 0.25) is 11.8 Å². The maximum Gasteiger partial charge on any atom is 0.250 e. The topological polar surface area (TPSA) is 52.7 Å². The Morgan fingerprint density at radius 3 is 2.61 bits per heavy atom. The summed E-state index contributed by atoms with van der Waals surface area (Å²) in [5.41, 5.74) is 0.891. The molecule has 23 heavy (non-hydrogen) atoms. The number of allylic oxidation sites excluding steroid dienone is 1. The van der Waals surface area contributed by atoms with Crippen LogP contribution in [0.25, 0.3) is 0 Å². The van der Waals surface area contributed by atoms with Gasteiger partial charge in [0.1, 0.15) is 5.54 Å². The number of carbonyl (C=O) groups is 2. The minimum Gasteiger partial charge on any atom is -0.357 e. The average Bonchev–Trinajstić information content (AvgIpc) is 2.55. The standard InChI is InChI=1S/C18H21N3O2/c1-20-10-6-9-15(12-20)16(22)19-18(13-21(2)17(18)23)11-14-7-4-3-5-8-14/h3-8,10,12H,9,11,13H2,1-2H3,(H,19,22)/t18-/m1/s1. The lowest BCUT2D eigenvalue weighted by Crippen LogP contribution is -2.74. The van der Waals surface area contributed by atoms with Crippen molar-refractivity contribution in [3.05, 3.63) is 59.9 Å². The summed E-state index contributed by atoms with van der Waals surface area (Å²) in [6.45, 7) is 0.533. The zero-order valence-electron chi connectivity index (χ0n) is 13.5. The van der Waals surface area contributed by atoms with Crippen LogP contribution in [0.15, 0.2) is 54.4 Å². The van der Waals surface area contributed by atoms with Crippen molar-refractivity contribution in [2.24, 2.45) is 0 Å². The van der Waals surface area contributed by atoms with E-state index in [0.717, 1.165) is 5.56 Å². The second kappa shape index (κ2) is 5.91. The van der Waals surface area contributed by atoms with E-state index in [1.54, 1.807) is 18.1 Å². The van der Waals surface area contributed by atoms with Gasteiger partial charge in [0, 0.05) is 32.3 Å². The van der Waals surface area contributed by atoms with Gasteiger partial charge in [-0.2, -0.15) is 0 Å². The third kappa shape index (κ3) is 2.99. The van der Waals surface area contributed by atoms with E-state index >= 15 is 0 Å². The number of nitrogens with one attached hydrogen (secondary N) is 1. The van der Waals surface area contributed by atoms with E-state index in [1.165, 1.54) is 0 Å². The predicted octanol–water partition coefficient (Wildman–Crippen LogP) is 1.29. The lowest BCUT2D eigenvalue weighted by Gasteiger charge is -2.47. The first-order valence-corrected chi connectivity index (χ1v) is 7.71. The summed E-state index contributed by atoms with van der Waals surface area (Å²) in [5.74, 6) is -0.200. The fraction of sp³-hybridized carbons (Fsp3) is 0.333. The van der Waals surface area contributed by atoms with Gasteiger partial charge in [-0.1, -0.05) is 36.4 Å². The van der Waals surface area contributed by atoms with Gasteiger partial charge in [-0.15, -0.1) is 0 Å². The predicted molar refractivity (Wildman–Crippen MR) is 88.3 cm³/mol. The maximum atomic E-state index is 12.6. The van der Waals surface area contributed by atoms with Crippen molar-refractivity contribution in [2.75, 3.05) is 20.6 Å². The van der Waals surface area contributed by atoms with Crippen molar-refractivity contribution < 1.29 is 9.59 Å². The van der Waals surface area contributed by atoms with Gasteiger partial charge in [0.25, 0.3) is 0 Å². The summed E-state index contributed by atoms with van der Waals surface area (Å²) < 4.78 is 0. The fourth-order valence-corrected chi connectivity index (χ4v) is 3.17. The molecule has 2 aliphatic rings. The second-order valence-electron chi connectivity index (χ2n) is 6.27. The van der Waals surface area contributed by atoms with Gasteiger partial charge in [0.05, 0.1) is 6.54 Å². The third-order valence-corrected chi connectivity index (χ3v) is 4.29. The van der Waals surface area contributed by atoms with Crippen molar-refractivity contribution in [3.8, 4) is 0 Å². The van der Waals surface area contributed by atoms with Crippen molar-refractivity contribution in [2.45, 2.75) is 18.4 Å². The minimum absolute atomic E-state index is 0.0324. The molecule has 0 aromatic heterocycles. The number of rotatable bonds is 4. The van der Waals surface area contributed by atoms with E-state index in [-0.39, 0.29) is 11.8 Å². The zero-order chi connectivity index (χ0) is 16.4. The number of carbonyl (C=O) groups excluding carboxylic acids is 2. The molecule has 1 saturated heterocycles. The first-order valence-electron chi connectivity index (χ1n) is 7.71. The molecule has 0 unspecified atom stereocenters. The van der Waals surface area contributed by atoms with Gasteiger partial charge in [-0.05, 0) is 18.2 Å². The molecular weight excluding hydrogens is 290 g/mol. The summed E-state index contributed by atoms with van der Waals surface area (Å²) in [4.78, 5) is 28.5. The van der Waals surface area contributed by atoms with Gasteiger partial charge >= 0.3 is 0 Å². The Balaban J connectivity index is 1.78. The van der Waals surface area contributed by atoms with E-state index in [0.29, 0.717) is 25.0 Å². The second-order valence-corrected chi connectivity index (χ2v) is 6.27. The Morgan fingerprint density at radius 2 is 2.00 bits per heavy atom. The molecule has 120 valence electrons. The molecule has 0 bridgehead atoms. The molecule has 2 heterocycles. The molecule has 5 nitrogen and oxygen atoms in total. The molecule has 0 aliphatic carbocycles. The van der Waals surface area contributed by atoms with Gasteiger partial charge in [-0.25, -0.2) is 0 Å². The van der Waals surface area contributed by atoms with Crippen LogP contribution in [0.3, 0.4) is 0 Å². The summed E-state index contributed by atoms with van der Waals surface area (Å²) in [7, 11) is 3.64. The number of likely N-dealkylation sites (tertiary alicyclic amines) is 1. The molecule has 3 rings (SSSR count). The number of likely N-dealkylation sites (N-methyl/N-ethyl adjacent to an activating group) is 1. The molecule has 0 radical (unpaired) electrons. The number of nitrogens with zero attached hydrogens (tertiary/aromatic N) is 2. The lowest BCUT2D eigenvalue weighted by atomic mass is 9.82. The first kappa shape index (κ1) is 15.3. The summed E-state index contributed by atoms with van der Waals surface area (Å²) in [6, 6.07) is 9.80. The van der Waals surface area contributed by atoms with Crippen molar-refractivity contribution >= 4 is 11.8 Å². The Morgan fingerprint density at radius 1 is 1.26 bits per heavy atom. The highest BCUT2D eigenvalue weighted by Crippen LogP contribution is 2.27. The minimum atomic E-state index is -0.826. The monoisotopic (exact) mass is 311 g/mol. The van der Waals surface area contributed by atoms with E-state index in [4.69, 9.17) is 0 Å². The Hall–Kier alpha value is -2.56. The van der Waals surface area contributed by atoms with Crippen LogP contribution in [0.2, 0.25) is 0 Å². The highest BCUT2D eigenvalue weighted by Gasteiger charge is 2.51. The molecule has 5 heteroatoms.